The predicted molar refractivity (Wildman–Crippen MR) is 74.5 cm³/mol. The van der Waals surface area contributed by atoms with Gasteiger partial charge in [0.25, 0.3) is 11.8 Å². The van der Waals surface area contributed by atoms with Crippen LogP contribution >= 0.6 is 11.3 Å². The van der Waals surface area contributed by atoms with Crippen molar-refractivity contribution in [1.29, 1.82) is 0 Å². The number of nitrogens with one attached hydrogen (secondary N) is 2. The first-order chi connectivity index (χ1) is 9.20. The van der Waals surface area contributed by atoms with Crippen LogP contribution in [0.2, 0.25) is 0 Å². The molecule has 1 heterocycles. The van der Waals surface area contributed by atoms with Gasteiger partial charge < -0.3 is 10.6 Å². The van der Waals surface area contributed by atoms with E-state index in [0.717, 1.165) is 12.8 Å². The summed E-state index contributed by atoms with van der Waals surface area (Å²) in [5.74, 6) is -0.420. The molecule has 2 rings (SSSR count). The van der Waals surface area contributed by atoms with Gasteiger partial charge in [0.1, 0.15) is 5.69 Å². The summed E-state index contributed by atoms with van der Waals surface area (Å²) < 4.78 is 0. The highest BCUT2D eigenvalue weighted by Crippen LogP contribution is 2.18. The van der Waals surface area contributed by atoms with E-state index in [1.807, 2.05) is 0 Å². The van der Waals surface area contributed by atoms with E-state index >= 15 is 0 Å². The molecule has 0 aliphatic heterocycles. The predicted octanol–water partition coefficient (Wildman–Crippen LogP) is 1.96. The van der Waals surface area contributed by atoms with Gasteiger partial charge in [-0.1, -0.05) is 25.7 Å². The minimum Gasteiger partial charge on any atom is -0.353 e. The Hall–Kier alpha value is -1.43. The molecule has 1 saturated carbocycles. The zero-order valence-corrected chi connectivity index (χ0v) is 11.9. The molecule has 0 saturated heterocycles. The molecular formula is C13H19N3O2S. The fraction of sp³-hybridized carbons (Fsp3) is 0.615. The molecule has 6 heteroatoms. The molecule has 1 aromatic heterocycles. The maximum atomic E-state index is 12.1. The Balaban J connectivity index is 1.95. The van der Waals surface area contributed by atoms with E-state index in [0.29, 0.717) is 10.7 Å². The largest absolute Gasteiger partial charge is 0.353 e. The Bertz CT molecular complexity index is 450. The molecule has 5 nitrogen and oxygen atoms in total. The third-order valence-corrected chi connectivity index (χ3v) is 4.19. The summed E-state index contributed by atoms with van der Waals surface area (Å²) in [6.45, 7) is 0. The SMILES string of the molecule is CNC(=O)c1nc(C(=O)NC2CCCCCC2)cs1. The third kappa shape index (κ3) is 3.76. The molecule has 1 aliphatic carbocycles. The molecule has 0 radical (unpaired) electrons. The van der Waals surface area contributed by atoms with Gasteiger partial charge in [0.2, 0.25) is 0 Å². The van der Waals surface area contributed by atoms with E-state index in [1.165, 1.54) is 37.0 Å². The van der Waals surface area contributed by atoms with Crippen LogP contribution in [-0.2, 0) is 0 Å². The lowest BCUT2D eigenvalue weighted by Crippen LogP contribution is -2.34. The molecule has 1 fully saturated rings. The topological polar surface area (TPSA) is 71.1 Å². The lowest BCUT2D eigenvalue weighted by Gasteiger charge is -2.15. The van der Waals surface area contributed by atoms with E-state index in [9.17, 15) is 9.59 Å². The molecule has 2 amide bonds. The zero-order chi connectivity index (χ0) is 13.7. The van der Waals surface area contributed by atoms with Gasteiger partial charge in [-0.05, 0) is 12.8 Å². The summed E-state index contributed by atoms with van der Waals surface area (Å²) in [7, 11) is 1.55. The van der Waals surface area contributed by atoms with Crippen molar-refractivity contribution in [3.8, 4) is 0 Å². The van der Waals surface area contributed by atoms with Gasteiger partial charge in [0, 0.05) is 18.5 Å². The quantitative estimate of drug-likeness (QED) is 0.832. The fourth-order valence-corrected chi connectivity index (χ4v) is 3.02. The Morgan fingerprint density at radius 2 is 1.89 bits per heavy atom. The average Bonchev–Trinajstić information content (AvgIpc) is 2.78. The Morgan fingerprint density at radius 1 is 1.21 bits per heavy atom. The average molecular weight is 281 g/mol. The van der Waals surface area contributed by atoms with Crippen molar-refractivity contribution in [2.75, 3.05) is 7.05 Å². The van der Waals surface area contributed by atoms with E-state index in [4.69, 9.17) is 0 Å². The second-order valence-electron chi connectivity index (χ2n) is 4.78. The molecule has 0 aromatic carbocycles. The number of hydrogen-bond donors (Lipinski definition) is 2. The van der Waals surface area contributed by atoms with E-state index < -0.39 is 0 Å². The number of carbonyl (C=O) groups excluding carboxylic acids is 2. The number of nitrogens with zero attached hydrogens (tertiary/aromatic N) is 1. The van der Waals surface area contributed by atoms with Crippen molar-refractivity contribution in [3.05, 3.63) is 16.1 Å². The molecule has 104 valence electrons. The van der Waals surface area contributed by atoms with Crippen LogP contribution in [0.25, 0.3) is 0 Å². The molecular weight excluding hydrogens is 262 g/mol. The van der Waals surface area contributed by atoms with E-state index in [1.54, 1.807) is 12.4 Å². The van der Waals surface area contributed by atoms with Gasteiger partial charge in [-0.15, -0.1) is 11.3 Å². The van der Waals surface area contributed by atoms with Gasteiger partial charge in [0.15, 0.2) is 5.01 Å². The first kappa shape index (κ1) is 14.0. The summed E-state index contributed by atoms with van der Waals surface area (Å²) >= 11 is 1.19. The number of aromatic nitrogens is 1. The molecule has 0 bridgehead atoms. The molecule has 0 atom stereocenters. The number of rotatable bonds is 3. The lowest BCUT2D eigenvalue weighted by atomic mass is 10.1. The van der Waals surface area contributed by atoms with Gasteiger partial charge in [0.05, 0.1) is 0 Å². The van der Waals surface area contributed by atoms with Crippen LogP contribution in [-0.4, -0.2) is 29.9 Å². The third-order valence-electron chi connectivity index (χ3n) is 3.35. The molecule has 2 N–H and O–H groups in total. The van der Waals surface area contributed by atoms with E-state index in [-0.39, 0.29) is 17.9 Å². The maximum absolute atomic E-state index is 12.1. The first-order valence-electron chi connectivity index (χ1n) is 6.69. The second-order valence-corrected chi connectivity index (χ2v) is 5.64. The lowest BCUT2D eigenvalue weighted by molar-refractivity contribution is 0.0929. The van der Waals surface area contributed by atoms with E-state index in [2.05, 4.69) is 15.6 Å². The van der Waals surface area contributed by atoms with Crippen molar-refractivity contribution in [2.24, 2.45) is 0 Å². The summed E-state index contributed by atoms with van der Waals surface area (Å²) in [4.78, 5) is 27.5. The van der Waals surface area contributed by atoms with Crippen molar-refractivity contribution >= 4 is 23.2 Å². The highest BCUT2D eigenvalue weighted by Gasteiger charge is 2.18. The molecule has 1 aliphatic rings. The summed E-state index contributed by atoms with van der Waals surface area (Å²) in [6, 6.07) is 0.250. The van der Waals surface area contributed by atoms with Crippen molar-refractivity contribution < 1.29 is 9.59 Å². The van der Waals surface area contributed by atoms with Crippen LogP contribution in [0, 0.1) is 0 Å². The van der Waals surface area contributed by atoms with Gasteiger partial charge in [-0.3, -0.25) is 9.59 Å². The fourth-order valence-electron chi connectivity index (χ4n) is 2.27. The van der Waals surface area contributed by atoms with Crippen molar-refractivity contribution in [1.82, 2.24) is 15.6 Å². The minimum absolute atomic E-state index is 0.168. The molecule has 1 aromatic rings. The monoisotopic (exact) mass is 281 g/mol. The van der Waals surface area contributed by atoms with Gasteiger partial charge in [-0.2, -0.15) is 0 Å². The first-order valence-corrected chi connectivity index (χ1v) is 7.57. The van der Waals surface area contributed by atoms with Crippen LogP contribution < -0.4 is 10.6 Å². The molecule has 19 heavy (non-hydrogen) atoms. The minimum atomic E-state index is -0.251. The van der Waals surface area contributed by atoms with Crippen LogP contribution in [0.15, 0.2) is 5.38 Å². The standard InChI is InChI=1S/C13H19N3O2S/c1-14-12(18)13-16-10(8-19-13)11(17)15-9-6-4-2-3-5-7-9/h8-9H,2-7H2,1H3,(H,14,18)(H,15,17). The summed E-state index contributed by atoms with van der Waals surface area (Å²) in [5, 5.41) is 7.48. The van der Waals surface area contributed by atoms with Crippen LogP contribution in [0.4, 0.5) is 0 Å². The van der Waals surface area contributed by atoms with Crippen molar-refractivity contribution in [2.45, 2.75) is 44.6 Å². The number of hydrogen-bond acceptors (Lipinski definition) is 4. The summed E-state index contributed by atoms with van der Waals surface area (Å²) in [5.41, 5.74) is 0.341. The second kappa shape index (κ2) is 6.65. The van der Waals surface area contributed by atoms with Gasteiger partial charge in [-0.25, -0.2) is 4.98 Å². The Kier molecular flexibility index (Phi) is 4.90. The smallest absolute Gasteiger partial charge is 0.280 e. The number of thiazole rings is 1. The normalized spacial score (nSPS) is 16.7. The number of carbonyl (C=O) groups is 2. The molecule has 0 spiro atoms. The Morgan fingerprint density at radius 3 is 2.53 bits per heavy atom. The Labute approximate surface area is 116 Å². The zero-order valence-electron chi connectivity index (χ0n) is 11.1. The number of amides is 2. The summed E-state index contributed by atoms with van der Waals surface area (Å²) in [6.07, 6.45) is 6.93. The van der Waals surface area contributed by atoms with Crippen LogP contribution in [0.5, 0.6) is 0 Å². The highest BCUT2D eigenvalue weighted by molar-refractivity contribution is 7.11. The van der Waals surface area contributed by atoms with Crippen molar-refractivity contribution in [3.63, 3.8) is 0 Å². The van der Waals surface area contributed by atoms with Crippen LogP contribution in [0.1, 0.15) is 58.8 Å². The maximum Gasteiger partial charge on any atom is 0.280 e. The highest BCUT2D eigenvalue weighted by atomic mass is 32.1. The molecule has 0 unspecified atom stereocenters. The van der Waals surface area contributed by atoms with Gasteiger partial charge >= 0.3 is 0 Å². The van der Waals surface area contributed by atoms with Crippen LogP contribution in [0.3, 0.4) is 0 Å².